The Balaban J connectivity index is 0.00000208. The molecule has 24 heavy (non-hydrogen) atoms. The summed E-state index contributed by atoms with van der Waals surface area (Å²) < 4.78 is 5.65. The van der Waals surface area contributed by atoms with Crippen molar-refractivity contribution in [3.8, 4) is 5.75 Å². The van der Waals surface area contributed by atoms with Gasteiger partial charge in [-0.05, 0) is 30.2 Å². The van der Waals surface area contributed by atoms with Gasteiger partial charge in [-0.15, -0.1) is 24.0 Å². The summed E-state index contributed by atoms with van der Waals surface area (Å²) in [4.78, 5) is 4.42. The van der Waals surface area contributed by atoms with E-state index >= 15 is 0 Å². The molecule has 0 fully saturated rings. The average Bonchev–Trinajstić information content (AvgIpc) is 2.57. The third kappa shape index (κ3) is 5.01. The van der Waals surface area contributed by atoms with Crippen molar-refractivity contribution < 1.29 is 4.74 Å². The van der Waals surface area contributed by atoms with Crippen molar-refractivity contribution in [1.82, 2.24) is 5.32 Å². The zero-order chi connectivity index (χ0) is 16.1. The smallest absolute Gasteiger partial charge is 0.189 e. The minimum absolute atomic E-state index is 0. The lowest BCUT2D eigenvalue weighted by Gasteiger charge is -2.26. The number of hydrogen-bond acceptors (Lipinski definition) is 2. The number of para-hydroxylation sites is 1. The fourth-order valence-corrected chi connectivity index (χ4v) is 2.80. The lowest BCUT2D eigenvalue weighted by atomic mass is 10.0. The van der Waals surface area contributed by atoms with E-state index in [0.717, 1.165) is 29.2 Å². The normalized spacial score (nSPS) is 16.5. The highest BCUT2D eigenvalue weighted by Gasteiger charge is 2.21. The standard InChI is InChI=1S/C18H20ClN3O.HI/c19-14-7-5-13(6-8-14)9-11-21-18(20)22-16-10-12-23-17-4-2-1-3-15(16)17;/h1-8,16H,9-12H2,(H3,20,21,22);1H. The average molecular weight is 458 g/mol. The van der Waals surface area contributed by atoms with Crippen molar-refractivity contribution in [3.63, 3.8) is 0 Å². The van der Waals surface area contributed by atoms with Gasteiger partial charge in [0.1, 0.15) is 5.75 Å². The zero-order valence-corrected chi connectivity index (χ0v) is 16.3. The predicted molar refractivity (Wildman–Crippen MR) is 109 cm³/mol. The van der Waals surface area contributed by atoms with E-state index in [1.807, 2.05) is 42.5 Å². The van der Waals surface area contributed by atoms with Crippen molar-refractivity contribution in [2.45, 2.75) is 18.9 Å². The van der Waals surface area contributed by atoms with Gasteiger partial charge < -0.3 is 15.8 Å². The molecule has 1 heterocycles. The van der Waals surface area contributed by atoms with E-state index in [2.05, 4.69) is 16.4 Å². The highest BCUT2D eigenvalue weighted by Crippen LogP contribution is 2.31. The molecule has 6 heteroatoms. The van der Waals surface area contributed by atoms with E-state index in [1.54, 1.807) is 0 Å². The summed E-state index contributed by atoms with van der Waals surface area (Å²) in [6.07, 6.45) is 1.72. The number of nitrogens with one attached hydrogen (secondary N) is 1. The Morgan fingerprint density at radius 3 is 2.75 bits per heavy atom. The molecule has 0 saturated carbocycles. The first kappa shape index (κ1) is 18.9. The molecular weight excluding hydrogens is 437 g/mol. The van der Waals surface area contributed by atoms with Gasteiger partial charge in [0.15, 0.2) is 5.96 Å². The van der Waals surface area contributed by atoms with Gasteiger partial charge in [0.25, 0.3) is 0 Å². The highest BCUT2D eigenvalue weighted by atomic mass is 127. The topological polar surface area (TPSA) is 59.6 Å². The fraction of sp³-hybridized carbons (Fsp3) is 0.278. The van der Waals surface area contributed by atoms with E-state index in [1.165, 1.54) is 5.56 Å². The molecule has 1 unspecified atom stereocenters. The molecule has 4 nitrogen and oxygen atoms in total. The van der Waals surface area contributed by atoms with E-state index in [9.17, 15) is 0 Å². The molecule has 128 valence electrons. The van der Waals surface area contributed by atoms with Gasteiger partial charge in [0.2, 0.25) is 0 Å². The van der Waals surface area contributed by atoms with Crippen LogP contribution in [0.15, 0.2) is 53.5 Å². The lowest BCUT2D eigenvalue weighted by Crippen LogP contribution is -2.37. The molecule has 0 amide bonds. The number of benzene rings is 2. The second-order valence-corrected chi connectivity index (χ2v) is 5.95. The number of aliphatic imine (C=N–C) groups is 1. The Hall–Kier alpha value is -1.47. The summed E-state index contributed by atoms with van der Waals surface area (Å²) in [7, 11) is 0. The SMILES string of the molecule is I.NC(=NCCc1ccc(Cl)cc1)NC1CCOc2ccccc21. The third-order valence-electron chi connectivity index (χ3n) is 3.88. The maximum atomic E-state index is 6.03. The molecule has 1 aliphatic rings. The van der Waals surface area contributed by atoms with Gasteiger partial charge >= 0.3 is 0 Å². The molecule has 3 rings (SSSR count). The second-order valence-electron chi connectivity index (χ2n) is 5.52. The van der Waals surface area contributed by atoms with Gasteiger partial charge in [-0.1, -0.05) is 41.9 Å². The maximum absolute atomic E-state index is 6.03. The molecule has 3 N–H and O–H groups in total. The van der Waals surface area contributed by atoms with Crippen LogP contribution in [-0.4, -0.2) is 19.1 Å². The molecule has 1 atom stereocenters. The Bertz CT molecular complexity index is 691. The van der Waals surface area contributed by atoms with Crippen molar-refractivity contribution in [1.29, 1.82) is 0 Å². The summed E-state index contributed by atoms with van der Waals surface area (Å²) >= 11 is 5.88. The molecule has 0 spiro atoms. The zero-order valence-electron chi connectivity index (χ0n) is 13.2. The van der Waals surface area contributed by atoms with Crippen LogP contribution in [0.25, 0.3) is 0 Å². The van der Waals surface area contributed by atoms with E-state index < -0.39 is 0 Å². The van der Waals surface area contributed by atoms with Crippen LogP contribution in [0.3, 0.4) is 0 Å². The molecular formula is C18H21ClIN3O. The van der Waals surface area contributed by atoms with Crippen LogP contribution < -0.4 is 15.8 Å². The fourth-order valence-electron chi connectivity index (χ4n) is 2.67. The van der Waals surface area contributed by atoms with Crippen molar-refractivity contribution in [2.24, 2.45) is 10.7 Å². The first-order chi connectivity index (χ1) is 11.2. The number of nitrogens with zero attached hydrogens (tertiary/aromatic N) is 1. The number of halogens is 2. The number of rotatable bonds is 4. The first-order valence-corrected chi connectivity index (χ1v) is 8.13. The summed E-state index contributed by atoms with van der Waals surface area (Å²) in [5.41, 5.74) is 8.36. The Kier molecular flexibility index (Phi) is 7.17. The Morgan fingerprint density at radius 1 is 1.21 bits per heavy atom. The van der Waals surface area contributed by atoms with Crippen molar-refractivity contribution >= 4 is 41.5 Å². The predicted octanol–water partition coefficient (Wildman–Crippen LogP) is 3.93. The monoisotopic (exact) mass is 457 g/mol. The number of fused-ring (bicyclic) bond motifs is 1. The molecule has 2 aromatic carbocycles. The van der Waals surface area contributed by atoms with Crippen LogP contribution in [0.4, 0.5) is 0 Å². The van der Waals surface area contributed by atoms with Crippen molar-refractivity contribution in [2.75, 3.05) is 13.2 Å². The minimum Gasteiger partial charge on any atom is -0.493 e. The minimum atomic E-state index is 0. The number of ether oxygens (including phenoxy) is 1. The number of hydrogen-bond donors (Lipinski definition) is 2. The van der Waals surface area contributed by atoms with Crippen molar-refractivity contribution in [3.05, 3.63) is 64.7 Å². The molecule has 0 saturated heterocycles. The molecule has 1 aliphatic heterocycles. The lowest BCUT2D eigenvalue weighted by molar-refractivity contribution is 0.262. The Labute approximate surface area is 164 Å². The second kappa shape index (κ2) is 9.13. The highest BCUT2D eigenvalue weighted by molar-refractivity contribution is 14.0. The summed E-state index contributed by atoms with van der Waals surface area (Å²) in [5.74, 6) is 1.39. The van der Waals surface area contributed by atoms with Crippen LogP contribution in [0.1, 0.15) is 23.6 Å². The van der Waals surface area contributed by atoms with Crippen LogP contribution in [0.5, 0.6) is 5.75 Å². The van der Waals surface area contributed by atoms with E-state index in [0.29, 0.717) is 19.1 Å². The quantitative estimate of drug-likeness (QED) is 0.415. The van der Waals surface area contributed by atoms with Gasteiger partial charge in [0.05, 0.1) is 12.6 Å². The van der Waals surface area contributed by atoms with Crippen LogP contribution in [-0.2, 0) is 6.42 Å². The van der Waals surface area contributed by atoms with Gasteiger partial charge in [-0.25, -0.2) is 0 Å². The van der Waals surface area contributed by atoms with Gasteiger partial charge in [-0.2, -0.15) is 0 Å². The third-order valence-corrected chi connectivity index (χ3v) is 4.13. The first-order valence-electron chi connectivity index (χ1n) is 7.75. The maximum Gasteiger partial charge on any atom is 0.189 e. The van der Waals surface area contributed by atoms with Crippen LogP contribution in [0.2, 0.25) is 5.02 Å². The Morgan fingerprint density at radius 2 is 1.96 bits per heavy atom. The molecule has 0 radical (unpaired) electrons. The summed E-state index contributed by atoms with van der Waals surface area (Å²) in [6, 6.07) is 16.0. The largest absolute Gasteiger partial charge is 0.493 e. The van der Waals surface area contributed by atoms with Gasteiger partial charge in [0, 0.05) is 23.6 Å². The summed E-state index contributed by atoms with van der Waals surface area (Å²) in [6.45, 7) is 1.33. The van der Waals surface area contributed by atoms with Gasteiger partial charge in [-0.3, -0.25) is 4.99 Å². The number of nitrogens with two attached hydrogens (primary N) is 1. The van der Waals surface area contributed by atoms with Crippen LogP contribution in [0, 0.1) is 0 Å². The van der Waals surface area contributed by atoms with Crippen LogP contribution >= 0.6 is 35.6 Å². The molecule has 0 aromatic heterocycles. The van der Waals surface area contributed by atoms with E-state index in [4.69, 9.17) is 22.1 Å². The summed E-state index contributed by atoms with van der Waals surface area (Å²) in [5, 5.41) is 4.04. The van der Waals surface area contributed by atoms with E-state index in [-0.39, 0.29) is 30.0 Å². The molecule has 0 aliphatic carbocycles. The molecule has 0 bridgehead atoms. The molecule has 2 aromatic rings. The number of guanidine groups is 1.